The minimum absolute atomic E-state index is 0.177. The Morgan fingerprint density at radius 3 is 1.81 bits per heavy atom. The first-order chi connectivity index (χ1) is 28.5. The minimum Gasteiger partial charge on any atom is -0.310 e. The molecule has 11 rings (SSSR count). The Morgan fingerprint density at radius 2 is 1.00 bits per heavy atom. The molecule has 276 valence electrons. The second-order valence-corrected chi connectivity index (χ2v) is 16.4. The molecule has 0 bridgehead atoms. The van der Waals surface area contributed by atoms with Gasteiger partial charge in [-0.1, -0.05) is 184 Å². The minimum atomic E-state index is -0.177. The topological polar surface area (TPSA) is 3.24 Å². The molecule has 0 heterocycles. The molecule has 9 aromatic rings. The molecule has 9 aromatic carbocycles. The molecule has 0 radical (unpaired) electrons. The first-order valence-corrected chi connectivity index (χ1v) is 20.5. The van der Waals surface area contributed by atoms with Crippen molar-refractivity contribution in [2.45, 2.75) is 31.6 Å². The normalized spacial score (nSPS) is 14.6. The van der Waals surface area contributed by atoms with Crippen LogP contribution in [0.25, 0.3) is 55.3 Å². The van der Waals surface area contributed by atoms with E-state index in [9.17, 15) is 0 Å². The van der Waals surface area contributed by atoms with E-state index >= 15 is 0 Å². The van der Waals surface area contributed by atoms with Gasteiger partial charge in [-0.3, -0.25) is 0 Å². The van der Waals surface area contributed by atoms with E-state index in [4.69, 9.17) is 0 Å². The van der Waals surface area contributed by atoms with Crippen LogP contribution in [0.3, 0.4) is 0 Å². The van der Waals surface area contributed by atoms with E-state index in [-0.39, 0.29) is 11.3 Å². The Kier molecular flexibility index (Phi) is 8.05. The van der Waals surface area contributed by atoms with Crippen molar-refractivity contribution >= 4 is 27.8 Å². The Morgan fingerprint density at radius 1 is 0.414 bits per heavy atom. The molecular weight excluding hydrogens is 699 g/mol. The van der Waals surface area contributed by atoms with Crippen LogP contribution in [-0.4, -0.2) is 0 Å². The van der Waals surface area contributed by atoms with Gasteiger partial charge >= 0.3 is 0 Å². The third-order valence-corrected chi connectivity index (χ3v) is 12.9. The quantitative estimate of drug-likeness (QED) is 0.164. The first-order valence-electron chi connectivity index (χ1n) is 20.5. The second kappa shape index (κ2) is 13.6. The number of hydrogen-bond acceptors (Lipinski definition) is 1. The molecule has 1 unspecified atom stereocenters. The van der Waals surface area contributed by atoms with E-state index in [0.717, 1.165) is 23.5 Å². The van der Waals surface area contributed by atoms with Crippen LogP contribution < -0.4 is 4.90 Å². The van der Waals surface area contributed by atoms with Gasteiger partial charge in [0.1, 0.15) is 0 Å². The highest BCUT2D eigenvalue weighted by atomic mass is 15.1. The van der Waals surface area contributed by atoms with Crippen molar-refractivity contribution < 1.29 is 0 Å². The summed E-state index contributed by atoms with van der Waals surface area (Å²) in [5.74, 6) is 0.280. The van der Waals surface area contributed by atoms with Gasteiger partial charge in [-0.25, -0.2) is 0 Å². The Bertz CT molecular complexity index is 2980. The summed E-state index contributed by atoms with van der Waals surface area (Å²) in [4.78, 5) is 2.43. The third kappa shape index (κ3) is 5.53. The summed E-state index contributed by atoms with van der Waals surface area (Å²) in [5.41, 5.74) is 20.7. The van der Waals surface area contributed by atoms with Crippen molar-refractivity contribution in [1.82, 2.24) is 0 Å². The Balaban J connectivity index is 1.03. The van der Waals surface area contributed by atoms with Crippen molar-refractivity contribution in [3.63, 3.8) is 0 Å². The highest BCUT2D eigenvalue weighted by Gasteiger charge is 2.39. The highest BCUT2D eigenvalue weighted by molar-refractivity contribution is 5.97. The van der Waals surface area contributed by atoms with Gasteiger partial charge in [0.2, 0.25) is 0 Å². The average Bonchev–Trinajstić information content (AvgIpc) is 3.52. The largest absolute Gasteiger partial charge is 0.310 e. The van der Waals surface area contributed by atoms with E-state index in [1.807, 2.05) is 0 Å². The molecule has 1 atom stereocenters. The van der Waals surface area contributed by atoms with Crippen LogP contribution in [0.2, 0.25) is 0 Å². The molecule has 0 saturated heterocycles. The van der Waals surface area contributed by atoms with Gasteiger partial charge in [-0.05, 0) is 126 Å². The van der Waals surface area contributed by atoms with Gasteiger partial charge in [0.05, 0.1) is 0 Å². The molecule has 0 fully saturated rings. The molecule has 2 aliphatic rings. The first kappa shape index (κ1) is 34.3. The molecule has 1 nitrogen and oxygen atoms in total. The standard InChI is InChI=1S/C57H43N/c1-57(2)54-25-13-24-51(53-36-42-17-7-9-20-48(42)49-21-10-11-22-50(49)53)56(54)52-35-34-45(37-55(52)57)58(43-30-26-39(27-31-43)38-14-4-3-5-15-38)44-32-28-41(29-33-44)47-23-12-18-40-16-6-8-19-46(40)47/h3-35,37,53H,36H2,1-2H3. The van der Waals surface area contributed by atoms with Gasteiger partial charge in [0, 0.05) is 28.4 Å². The van der Waals surface area contributed by atoms with Gasteiger partial charge in [0.15, 0.2) is 0 Å². The molecule has 1 heteroatoms. The highest BCUT2D eigenvalue weighted by Crippen LogP contribution is 2.55. The fourth-order valence-electron chi connectivity index (χ4n) is 10.00. The lowest BCUT2D eigenvalue weighted by atomic mass is 9.73. The number of nitrogens with zero attached hydrogens (tertiary/aromatic N) is 1. The summed E-state index contributed by atoms with van der Waals surface area (Å²) in [7, 11) is 0. The van der Waals surface area contributed by atoms with Crippen LogP contribution in [0, 0.1) is 0 Å². The molecule has 0 aromatic heterocycles. The zero-order valence-electron chi connectivity index (χ0n) is 32.9. The van der Waals surface area contributed by atoms with E-state index < -0.39 is 0 Å². The van der Waals surface area contributed by atoms with Crippen LogP contribution in [0.4, 0.5) is 17.1 Å². The molecule has 58 heavy (non-hydrogen) atoms. The van der Waals surface area contributed by atoms with Gasteiger partial charge in [-0.15, -0.1) is 0 Å². The molecule has 0 spiro atoms. The van der Waals surface area contributed by atoms with E-state index in [1.54, 1.807) is 0 Å². The van der Waals surface area contributed by atoms with Gasteiger partial charge in [-0.2, -0.15) is 0 Å². The molecular formula is C57H43N. The average molecular weight is 742 g/mol. The van der Waals surface area contributed by atoms with Crippen LogP contribution >= 0.6 is 0 Å². The maximum Gasteiger partial charge on any atom is 0.0465 e. The molecule has 0 saturated carbocycles. The maximum atomic E-state index is 2.47. The third-order valence-electron chi connectivity index (χ3n) is 12.9. The van der Waals surface area contributed by atoms with Gasteiger partial charge < -0.3 is 4.90 Å². The summed E-state index contributed by atoms with van der Waals surface area (Å²) in [5, 5.41) is 2.53. The van der Waals surface area contributed by atoms with Crippen LogP contribution in [0.15, 0.2) is 206 Å². The number of anilines is 3. The smallest absolute Gasteiger partial charge is 0.0465 e. The molecule has 2 aliphatic carbocycles. The monoisotopic (exact) mass is 741 g/mol. The predicted octanol–water partition coefficient (Wildman–Crippen LogP) is 15.3. The number of benzene rings is 9. The second-order valence-electron chi connectivity index (χ2n) is 16.4. The van der Waals surface area contributed by atoms with E-state index in [1.165, 1.54) is 83.1 Å². The number of rotatable bonds is 6. The number of hydrogen-bond donors (Lipinski definition) is 0. The van der Waals surface area contributed by atoms with E-state index in [2.05, 4.69) is 225 Å². The summed E-state index contributed by atoms with van der Waals surface area (Å²) in [6, 6.07) is 76.4. The lowest BCUT2D eigenvalue weighted by Gasteiger charge is -2.30. The lowest BCUT2D eigenvalue weighted by molar-refractivity contribution is 0.659. The summed E-state index contributed by atoms with van der Waals surface area (Å²) >= 11 is 0. The zero-order chi connectivity index (χ0) is 38.8. The fourth-order valence-corrected chi connectivity index (χ4v) is 10.00. The van der Waals surface area contributed by atoms with E-state index in [0.29, 0.717) is 0 Å². The van der Waals surface area contributed by atoms with Crippen molar-refractivity contribution in [2.75, 3.05) is 4.90 Å². The lowest BCUT2D eigenvalue weighted by Crippen LogP contribution is -2.17. The van der Waals surface area contributed by atoms with Gasteiger partial charge in [0.25, 0.3) is 0 Å². The number of fused-ring (bicyclic) bond motifs is 7. The summed E-state index contributed by atoms with van der Waals surface area (Å²) < 4.78 is 0. The van der Waals surface area contributed by atoms with Crippen molar-refractivity contribution in [2.24, 2.45) is 0 Å². The maximum absolute atomic E-state index is 2.47. The Labute approximate surface area is 341 Å². The van der Waals surface area contributed by atoms with Crippen LogP contribution in [-0.2, 0) is 11.8 Å². The molecule has 0 aliphatic heterocycles. The SMILES string of the molecule is CC1(C)c2cc(N(c3ccc(-c4ccccc4)cc3)c3ccc(-c4cccc5ccccc45)cc3)ccc2-c2c(C3Cc4ccccc4-c4ccccc43)cccc21. The van der Waals surface area contributed by atoms with Crippen LogP contribution in [0.5, 0.6) is 0 Å². The van der Waals surface area contributed by atoms with Crippen molar-refractivity contribution in [3.05, 3.63) is 234 Å². The predicted molar refractivity (Wildman–Crippen MR) is 244 cm³/mol. The Hall–Kier alpha value is -6.96. The fraction of sp³-hybridized carbons (Fsp3) is 0.0877. The molecule has 0 N–H and O–H groups in total. The zero-order valence-corrected chi connectivity index (χ0v) is 32.9. The van der Waals surface area contributed by atoms with Crippen molar-refractivity contribution in [3.8, 4) is 44.5 Å². The summed E-state index contributed by atoms with van der Waals surface area (Å²) in [6.07, 6.45) is 0.999. The molecule has 0 amide bonds. The van der Waals surface area contributed by atoms with Crippen LogP contribution in [0.1, 0.15) is 47.6 Å². The summed E-state index contributed by atoms with van der Waals surface area (Å²) in [6.45, 7) is 4.82. The van der Waals surface area contributed by atoms with Crippen molar-refractivity contribution in [1.29, 1.82) is 0 Å².